The van der Waals surface area contributed by atoms with Crippen molar-refractivity contribution in [3.05, 3.63) is 34.6 Å². The molecule has 0 amide bonds. The molecule has 5 nitrogen and oxygen atoms in total. The van der Waals surface area contributed by atoms with Gasteiger partial charge in [0.25, 0.3) is 5.89 Å². The van der Waals surface area contributed by atoms with E-state index < -0.39 is 5.67 Å². The first kappa shape index (κ1) is 10.5. The lowest BCUT2D eigenvalue weighted by Gasteiger charge is -2.05. The lowest BCUT2D eigenvalue weighted by Crippen LogP contribution is -2.09. The van der Waals surface area contributed by atoms with Crippen LogP contribution in [0.1, 0.15) is 19.7 Å². The normalized spacial score (nSPS) is 11.7. The molecule has 0 radical (unpaired) electrons. The van der Waals surface area contributed by atoms with Crippen LogP contribution >= 0.6 is 0 Å². The molecular formula is C10H10FN3O2. The Kier molecular flexibility index (Phi) is 2.34. The molecule has 1 N–H and O–H groups in total. The second-order valence-electron chi connectivity index (χ2n) is 3.84. The van der Waals surface area contributed by atoms with Crippen LogP contribution in [0.3, 0.4) is 0 Å². The summed E-state index contributed by atoms with van der Waals surface area (Å²) >= 11 is 0. The molecular weight excluding hydrogens is 213 g/mol. The average molecular weight is 223 g/mol. The number of H-pyrrole nitrogens is 1. The molecule has 0 atom stereocenters. The molecule has 2 aromatic heterocycles. The van der Waals surface area contributed by atoms with Gasteiger partial charge in [-0.1, -0.05) is 5.16 Å². The van der Waals surface area contributed by atoms with Crippen LogP contribution in [0.2, 0.25) is 0 Å². The van der Waals surface area contributed by atoms with Gasteiger partial charge in [-0.2, -0.15) is 4.98 Å². The van der Waals surface area contributed by atoms with Crippen molar-refractivity contribution in [1.82, 2.24) is 15.1 Å². The number of aromatic nitrogens is 3. The Balaban J connectivity index is 2.39. The van der Waals surface area contributed by atoms with Gasteiger partial charge in [0, 0.05) is 17.8 Å². The van der Waals surface area contributed by atoms with Gasteiger partial charge >= 0.3 is 0 Å². The van der Waals surface area contributed by atoms with Crippen LogP contribution in [-0.2, 0) is 5.67 Å². The quantitative estimate of drug-likeness (QED) is 0.839. The molecule has 84 valence electrons. The third-order valence-electron chi connectivity index (χ3n) is 1.98. The fraction of sp³-hybridized carbons (Fsp3) is 0.300. The summed E-state index contributed by atoms with van der Waals surface area (Å²) in [5.74, 6) is 0.158. The summed E-state index contributed by atoms with van der Waals surface area (Å²) in [5, 5.41) is 3.63. The molecule has 0 unspecified atom stereocenters. The lowest BCUT2D eigenvalue weighted by atomic mass is 10.2. The maximum atomic E-state index is 13.5. The fourth-order valence-electron chi connectivity index (χ4n) is 1.13. The Morgan fingerprint density at radius 1 is 1.44 bits per heavy atom. The number of hydrogen-bond acceptors (Lipinski definition) is 4. The zero-order valence-corrected chi connectivity index (χ0v) is 8.82. The maximum absolute atomic E-state index is 13.5. The van der Waals surface area contributed by atoms with Gasteiger partial charge in [0.1, 0.15) is 0 Å². The third-order valence-corrected chi connectivity index (χ3v) is 1.98. The zero-order valence-electron chi connectivity index (χ0n) is 8.82. The van der Waals surface area contributed by atoms with E-state index in [2.05, 4.69) is 15.1 Å². The lowest BCUT2D eigenvalue weighted by molar-refractivity contribution is 0.155. The van der Waals surface area contributed by atoms with Crippen LogP contribution in [0, 0.1) is 0 Å². The van der Waals surface area contributed by atoms with Gasteiger partial charge in [-0.05, 0) is 19.9 Å². The van der Waals surface area contributed by atoms with E-state index in [0.717, 1.165) is 0 Å². The fourth-order valence-corrected chi connectivity index (χ4v) is 1.13. The van der Waals surface area contributed by atoms with Crippen molar-refractivity contribution in [3.8, 4) is 11.4 Å². The molecule has 0 saturated carbocycles. The van der Waals surface area contributed by atoms with E-state index in [1.54, 1.807) is 6.07 Å². The van der Waals surface area contributed by atoms with Crippen LogP contribution in [-0.4, -0.2) is 15.1 Å². The summed E-state index contributed by atoms with van der Waals surface area (Å²) in [5.41, 5.74) is -1.33. The molecule has 0 fully saturated rings. The molecule has 2 heterocycles. The van der Waals surface area contributed by atoms with E-state index in [1.807, 2.05) is 0 Å². The maximum Gasteiger partial charge on any atom is 0.264 e. The standard InChI is InChI=1S/C10H10FN3O2/c1-10(2,11)9-13-8(14-16-9)6-3-4-7(15)12-5-6/h3-5H,1-2H3,(H,12,15). The number of aromatic amines is 1. The second kappa shape index (κ2) is 3.55. The number of pyridine rings is 1. The van der Waals surface area contributed by atoms with Crippen molar-refractivity contribution < 1.29 is 8.91 Å². The summed E-state index contributed by atoms with van der Waals surface area (Å²) < 4.78 is 18.2. The zero-order chi connectivity index (χ0) is 11.8. The number of alkyl halides is 1. The number of halogens is 1. The van der Waals surface area contributed by atoms with Gasteiger partial charge in [-0.3, -0.25) is 4.79 Å². The van der Waals surface area contributed by atoms with E-state index >= 15 is 0 Å². The molecule has 0 bridgehead atoms. The summed E-state index contributed by atoms with van der Waals surface area (Å²) in [6.07, 6.45) is 1.45. The molecule has 0 saturated heterocycles. The summed E-state index contributed by atoms with van der Waals surface area (Å²) in [4.78, 5) is 17.2. The molecule has 2 rings (SSSR count). The predicted octanol–water partition coefficient (Wildman–Crippen LogP) is 1.63. The highest BCUT2D eigenvalue weighted by Crippen LogP contribution is 2.24. The van der Waals surface area contributed by atoms with Gasteiger partial charge in [-0.15, -0.1) is 0 Å². The first-order chi connectivity index (χ1) is 7.47. The van der Waals surface area contributed by atoms with Crippen molar-refractivity contribution >= 4 is 0 Å². The topological polar surface area (TPSA) is 71.8 Å². The Hall–Kier alpha value is -1.98. The van der Waals surface area contributed by atoms with E-state index in [0.29, 0.717) is 5.56 Å². The van der Waals surface area contributed by atoms with Gasteiger partial charge in [0.2, 0.25) is 11.4 Å². The summed E-state index contributed by atoms with van der Waals surface area (Å²) in [6, 6.07) is 2.88. The SMILES string of the molecule is CC(C)(F)c1nc(-c2ccc(=O)[nH]c2)no1. The number of nitrogens with one attached hydrogen (secondary N) is 1. The number of nitrogens with zero attached hydrogens (tertiary/aromatic N) is 2. The molecule has 6 heteroatoms. The van der Waals surface area contributed by atoms with Gasteiger partial charge in [0.15, 0.2) is 5.67 Å². The minimum atomic E-state index is -1.67. The van der Waals surface area contributed by atoms with Gasteiger partial charge < -0.3 is 9.51 Å². The monoisotopic (exact) mass is 223 g/mol. The van der Waals surface area contributed by atoms with Crippen molar-refractivity contribution in [1.29, 1.82) is 0 Å². The van der Waals surface area contributed by atoms with Crippen LogP contribution in [0.25, 0.3) is 11.4 Å². The smallest absolute Gasteiger partial charge is 0.264 e. The highest BCUT2D eigenvalue weighted by molar-refractivity contribution is 5.51. The molecule has 0 aromatic carbocycles. The molecule has 2 aromatic rings. The molecule has 0 aliphatic carbocycles. The Labute approximate surface area is 90.3 Å². The predicted molar refractivity (Wildman–Crippen MR) is 54.5 cm³/mol. The van der Waals surface area contributed by atoms with E-state index in [4.69, 9.17) is 4.52 Å². The van der Waals surface area contributed by atoms with Gasteiger partial charge in [-0.25, -0.2) is 4.39 Å². The van der Waals surface area contributed by atoms with Crippen molar-refractivity contribution in [2.45, 2.75) is 19.5 Å². The minimum absolute atomic E-state index is 0.0892. The third kappa shape index (κ3) is 2.00. The summed E-state index contributed by atoms with van der Waals surface area (Å²) in [6.45, 7) is 2.66. The first-order valence-electron chi connectivity index (χ1n) is 4.69. The number of hydrogen-bond donors (Lipinski definition) is 1. The molecule has 16 heavy (non-hydrogen) atoms. The van der Waals surface area contributed by atoms with Crippen LogP contribution in [0.4, 0.5) is 4.39 Å². The Morgan fingerprint density at radius 2 is 2.19 bits per heavy atom. The van der Waals surface area contributed by atoms with Crippen LogP contribution in [0.15, 0.2) is 27.6 Å². The van der Waals surface area contributed by atoms with Crippen molar-refractivity contribution in [3.63, 3.8) is 0 Å². The highest BCUT2D eigenvalue weighted by Gasteiger charge is 2.26. The van der Waals surface area contributed by atoms with Crippen LogP contribution < -0.4 is 5.56 Å². The first-order valence-corrected chi connectivity index (χ1v) is 4.69. The average Bonchev–Trinajstić information content (AvgIpc) is 2.67. The highest BCUT2D eigenvalue weighted by atomic mass is 19.1. The second-order valence-corrected chi connectivity index (χ2v) is 3.84. The van der Waals surface area contributed by atoms with Crippen molar-refractivity contribution in [2.24, 2.45) is 0 Å². The minimum Gasteiger partial charge on any atom is -0.335 e. The van der Waals surface area contributed by atoms with Crippen LogP contribution in [0.5, 0.6) is 0 Å². The largest absolute Gasteiger partial charge is 0.335 e. The molecule has 0 aliphatic heterocycles. The number of rotatable bonds is 2. The Bertz CT molecular complexity index is 533. The van der Waals surface area contributed by atoms with E-state index in [9.17, 15) is 9.18 Å². The van der Waals surface area contributed by atoms with Gasteiger partial charge in [0.05, 0.1) is 0 Å². The van der Waals surface area contributed by atoms with E-state index in [1.165, 1.54) is 26.1 Å². The van der Waals surface area contributed by atoms with Crippen molar-refractivity contribution in [2.75, 3.05) is 0 Å². The van der Waals surface area contributed by atoms with E-state index in [-0.39, 0.29) is 17.3 Å². The molecule has 0 aliphatic rings. The Morgan fingerprint density at radius 3 is 2.69 bits per heavy atom. The summed E-state index contributed by atoms with van der Waals surface area (Å²) in [7, 11) is 0. The molecule has 0 spiro atoms.